The number of halogens is 10. The minimum Gasteiger partial charge on any atom is -0.511 e. The number of fused-ring (bicyclic) bond motifs is 3. The number of anilines is 3. The summed E-state index contributed by atoms with van der Waals surface area (Å²) < 4.78 is 119. The molecule has 0 saturated carbocycles. The van der Waals surface area contributed by atoms with Gasteiger partial charge >= 0.3 is 81.5 Å². The summed E-state index contributed by atoms with van der Waals surface area (Å²) in [5, 5.41) is 19.3. The number of benzene rings is 2. The van der Waals surface area contributed by atoms with Gasteiger partial charge in [0.1, 0.15) is 59.3 Å². The van der Waals surface area contributed by atoms with Gasteiger partial charge in [0.25, 0.3) is 0 Å². The second-order valence-electron chi connectivity index (χ2n) is 36.0. The quantitative estimate of drug-likeness (QED) is 0.0393. The molecule has 3 saturated heterocycles. The van der Waals surface area contributed by atoms with Crippen molar-refractivity contribution in [3.8, 4) is 39.8 Å². The third-order valence-corrected chi connectivity index (χ3v) is 23.3. The van der Waals surface area contributed by atoms with Crippen molar-refractivity contribution in [2.75, 3.05) is 54.0 Å². The number of aromatic hydroxyl groups is 2. The van der Waals surface area contributed by atoms with Gasteiger partial charge in [0.05, 0.1) is 84.5 Å². The molecule has 30 nitrogen and oxygen atoms in total. The molecule has 0 radical (unpaired) electrons. The van der Waals surface area contributed by atoms with E-state index in [1.807, 2.05) is 160 Å². The largest absolute Gasteiger partial charge is 1.00 e. The van der Waals surface area contributed by atoms with Crippen LogP contribution in [-0.2, 0) is 14.3 Å². The van der Waals surface area contributed by atoms with E-state index in [1.165, 1.54) is 69.1 Å². The molecule has 2 N–H and O–H groups in total. The van der Waals surface area contributed by atoms with Gasteiger partial charge in [-0.3, -0.25) is 9.59 Å². The third kappa shape index (κ3) is 21.9. The molecule has 9 aromatic heterocycles. The number of piperazine rings is 3. The Morgan fingerprint density at radius 1 is 0.440 bits per heavy atom. The SMILES string of the molecule is C=CC(=O)N1C[C@H](C)N(c2nc(=O)n(-c3c(C(C)C)ncnc3C(C)C)c3nc(-c4c(O)cccc4F)c(F)cc23)C[C@H]1C.C=CC(=O)N1C[C@H](C)N(c2nc(=O)n(-c3c(C(C)C)ncnc3C(C)C)c3nc(Cl)c(F)cc23)C[C@H]1C.CC(C)c1ncnc(C(C)C)c1-n1c(=O)nc(N2C[C@@H](C)N(C(=O)OC(C)(C)C)C[C@@H]2C)c2cc(F)c(Cl)nc21.Oc1cccc(F)c1[B-](F)(F)F.[K+]. The van der Waals surface area contributed by atoms with Crippen molar-refractivity contribution in [1.82, 2.24) is 88.2 Å². The van der Waals surface area contributed by atoms with Crippen molar-refractivity contribution in [2.45, 2.75) is 223 Å². The Bertz CT molecular complexity index is 6410. The van der Waals surface area contributed by atoms with E-state index in [-0.39, 0.29) is 179 Å². The molecular formula is C92H107BCl2F8KN21O9. The molecule has 0 unspecified atom stereocenters. The molecule has 708 valence electrons. The maximum atomic E-state index is 16.0. The van der Waals surface area contributed by atoms with Gasteiger partial charge in [-0.15, -0.1) is 0 Å². The van der Waals surface area contributed by atoms with Gasteiger partial charge in [-0.1, -0.05) is 132 Å². The van der Waals surface area contributed by atoms with Crippen LogP contribution in [0.3, 0.4) is 0 Å². The molecule has 2 aromatic carbocycles. The molecule has 134 heavy (non-hydrogen) atoms. The van der Waals surface area contributed by atoms with Crippen molar-refractivity contribution in [3.05, 3.63) is 204 Å². The fourth-order valence-electron chi connectivity index (χ4n) is 16.4. The Labute approximate surface area is 821 Å². The summed E-state index contributed by atoms with van der Waals surface area (Å²) in [6.07, 6.45) is 6.53. The summed E-state index contributed by atoms with van der Waals surface area (Å²) in [4.78, 5) is 144. The van der Waals surface area contributed by atoms with Crippen molar-refractivity contribution in [3.63, 3.8) is 0 Å². The van der Waals surface area contributed by atoms with Crippen molar-refractivity contribution < 1.29 is 116 Å². The van der Waals surface area contributed by atoms with Gasteiger partial charge in [-0.05, 0) is 158 Å². The number of hydrogen-bond acceptors (Lipinski definition) is 24. The number of phenols is 2. The standard InChI is InChI=1S/C32H35F2N7O3.C28H37ClFN7O3.C26H31ClFN7O2.C6H4BF4O.K/c1-8-24(43)39-13-19(7)40(14-18(39)6)30-20-12-22(34)28(25-21(33)10-9-11-23(25)42)37-31(20)41(32(44)38-30)29-26(16(2)3)35-15-36-27(29)17(4)5;1-14(2)20-22(21(15(3)4)32-13-31-20)37-25-18(10-19(30)23(29)33-25)24(34-26(37)38)35-11-17(6)36(12-16(35)5)27(39)40-28(7,8)9;1-8-19(36)33-10-16(7)34(11-15(33)6)24-17-9-18(28)23(27)31-25(17)35(26(37)32-24)22-20(13(2)3)29-12-30-21(22)14(4)5;8-4-2-1-3-5(12)6(4)7(9,10)11;/h8-12,15-19,42H,1,13-14H2,2-7H3;10,13-17H,11-12H2,1-9H3;8-9,12-16H,1,10-11H2,2-7H3;1-3,12H;/q;;;-1;+1/t18-,19+;16-,17+;15-,16+;;/m101../s1. The zero-order chi connectivity index (χ0) is 98.2. The third-order valence-electron chi connectivity index (χ3n) is 22.8. The smallest absolute Gasteiger partial charge is 0.511 e. The fourth-order valence-corrected chi connectivity index (χ4v) is 16.7. The van der Waals surface area contributed by atoms with Crippen LogP contribution >= 0.6 is 23.2 Å². The van der Waals surface area contributed by atoms with E-state index in [0.29, 0.717) is 113 Å². The topological polar surface area (TPSA) is 341 Å². The molecule has 12 heterocycles. The fraction of sp³-hybridized carbons (Fsp3) is 0.435. The monoisotopic (exact) mass is 1920 g/mol. The predicted molar refractivity (Wildman–Crippen MR) is 496 cm³/mol. The molecule has 0 bridgehead atoms. The first kappa shape index (κ1) is 105. The molecule has 3 fully saturated rings. The van der Waals surface area contributed by atoms with Crippen LogP contribution in [0.25, 0.3) is 61.4 Å². The first-order valence-corrected chi connectivity index (χ1v) is 44.2. The van der Waals surface area contributed by atoms with Crippen LogP contribution in [0.2, 0.25) is 10.3 Å². The minimum absolute atomic E-state index is 0. The summed E-state index contributed by atoms with van der Waals surface area (Å²) in [6, 6.07) is 8.28. The minimum atomic E-state index is -5.48. The Balaban J connectivity index is 0.000000195. The van der Waals surface area contributed by atoms with E-state index in [9.17, 15) is 60.0 Å². The normalized spacial score (nSPS) is 17.1. The van der Waals surface area contributed by atoms with E-state index in [2.05, 4.69) is 73.0 Å². The van der Waals surface area contributed by atoms with Crippen LogP contribution < -0.4 is 88.6 Å². The summed E-state index contributed by atoms with van der Waals surface area (Å²) >= 11 is 12.3. The summed E-state index contributed by atoms with van der Waals surface area (Å²) in [5.74, 6) is -6.34. The van der Waals surface area contributed by atoms with Gasteiger partial charge < -0.3 is 57.3 Å². The molecule has 0 spiro atoms. The summed E-state index contributed by atoms with van der Waals surface area (Å²) in [6.45, 7) is 44.1. The van der Waals surface area contributed by atoms with Gasteiger partial charge in [0, 0.05) is 75.5 Å². The molecule has 3 amide bonds. The number of rotatable bonds is 16. The van der Waals surface area contributed by atoms with Crippen molar-refractivity contribution >= 4 is 104 Å². The number of hydrogen-bond donors (Lipinski definition) is 2. The molecular weight excluding hydrogens is 1820 g/mol. The zero-order valence-corrected chi connectivity index (χ0v) is 83.3. The Morgan fingerprint density at radius 2 is 0.739 bits per heavy atom. The van der Waals surface area contributed by atoms with E-state index >= 15 is 8.78 Å². The molecule has 42 heteroatoms. The first-order chi connectivity index (χ1) is 62.3. The van der Waals surface area contributed by atoms with E-state index in [0.717, 1.165) is 24.3 Å². The molecule has 14 rings (SSSR count). The van der Waals surface area contributed by atoms with Crippen LogP contribution in [0.1, 0.15) is 215 Å². The van der Waals surface area contributed by atoms with Crippen LogP contribution in [0, 0.1) is 29.1 Å². The van der Waals surface area contributed by atoms with Gasteiger partial charge in [-0.25, -0.2) is 99.7 Å². The number of aromatic nitrogens is 15. The zero-order valence-electron chi connectivity index (χ0n) is 78.7. The van der Waals surface area contributed by atoms with Crippen molar-refractivity contribution in [1.29, 1.82) is 0 Å². The number of carbonyl (C=O) groups is 3. The molecule has 11 aromatic rings. The average molecular weight is 1920 g/mol. The van der Waals surface area contributed by atoms with Gasteiger partial charge in [0.15, 0.2) is 44.7 Å². The number of nitrogens with zero attached hydrogens (tertiary/aromatic N) is 21. The second-order valence-corrected chi connectivity index (χ2v) is 36.7. The summed E-state index contributed by atoms with van der Waals surface area (Å²) in [5.41, 5.74) is 0.382. The number of carbonyl (C=O) groups excluding carboxylic acids is 3. The Morgan fingerprint density at radius 3 is 1.03 bits per heavy atom. The number of phenolic OH excluding ortho intramolecular Hbond substituents is 2. The maximum absolute atomic E-state index is 16.0. The second kappa shape index (κ2) is 42.5. The Kier molecular flexibility index (Phi) is 33.3. The van der Waals surface area contributed by atoms with Crippen LogP contribution in [0.5, 0.6) is 11.5 Å². The van der Waals surface area contributed by atoms with Crippen LogP contribution in [0.15, 0.2) is 113 Å². The van der Waals surface area contributed by atoms with Gasteiger partial charge in [0.2, 0.25) is 11.8 Å². The van der Waals surface area contributed by atoms with Crippen molar-refractivity contribution in [2.24, 2.45) is 0 Å². The number of amides is 3. The molecule has 0 aliphatic carbocycles. The number of ether oxygens (including phenoxy) is 1. The van der Waals surface area contributed by atoms with Crippen LogP contribution in [0.4, 0.5) is 57.1 Å². The first-order valence-electron chi connectivity index (χ1n) is 43.4. The average Bonchev–Trinajstić information content (AvgIpc) is 0.736. The van der Waals surface area contributed by atoms with E-state index < -0.39 is 93.0 Å². The molecule has 3 aliphatic rings. The number of pyridine rings is 3. The molecule has 3 aliphatic heterocycles. The van der Waals surface area contributed by atoms with Crippen LogP contribution in [-0.4, -0.2) is 204 Å². The Hall–Kier alpha value is -11.0. The van der Waals surface area contributed by atoms with E-state index in [4.69, 9.17) is 33.0 Å². The predicted octanol–water partition coefficient (Wildman–Crippen LogP) is 13.3. The maximum Gasteiger partial charge on any atom is 1.00 e. The van der Waals surface area contributed by atoms with E-state index in [1.54, 1.807) is 14.7 Å². The molecule has 6 atom stereocenters. The summed E-state index contributed by atoms with van der Waals surface area (Å²) in [7, 11) is 0. The van der Waals surface area contributed by atoms with Gasteiger partial charge in [-0.2, -0.15) is 15.0 Å².